The maximum atomic E-state index is 13.8. The van der Waals surface area contributed by atoms with E-state index in [1.807, 2.05) is 17.9 Å². The number of hydrogen-bond donors (Lipinski definition) is 4. The lowest BCUT2D eigenvalue weighted by molar-refractivity contribution is -0.138. The van der Waals surface area contributed by atoms with Crippen LogP contribution in [0.5, 0.6) is 5.75 Å². The van der Waals surface area contributed by atoms with Crippen molar-refractivity contribution in [2.45, 2.75) is 63.8 Å². The molecule has 0 spiro atoms. The number of thiocarbonyl (C=S) groups is 1. The van der Waals surface area contributed by atoms with Crippen LogP contribution < -0.4 is 30.5 Å². The molecule has 0 saturated carbocycles. The number of aliphatic hydroxyl groups is 1. The maximum Gasteiger partial charge on any atom is 0.417 e. The van der Waals surface area contributed by atoms with Gasteiger partial charge in [0.05, 0.1) is 36.0 Å². The normalized spacial score (nSPS) is 20.0. The highest BCUT2D eigenvalue weighted by molar-refractivity contribution is 7.81. The van der Waals surface area contributed by atoms with Crippen LogP contribution in [0.25, 0.3) is 0 Å². The maximum absolute atomic E-state index is 13.8. The molecular weight excluding hydrogens is 790 g/mol. The molecule has 4 amide bonds. The zero-order valence-electron chi connectivity index (χ0n) is 32.8. The summed E-state index contributed by atoms with van der Waals surface area (Å²) in [5.41, 5.74) is -0.495. The van der Waals surface area contributed by atoms with Crippen LogP contribution in [0.3, 0.4) is 0 Å². The minimum Gasteiger partial charge on any atom is -0.492 e. The summed E-state index contributed by atoms with van der Waals surface area (Å²) >= 11 is 5.70. The average Bonchev–Trinajstić information content (AvgIpc) is 3.37. The van der Waals surface area contributed by atoms with Crippen molar-refractivity contribution < 1.29 is 42.2 Å². The fourth-order valence-corrected chi connectivity index (χ4v) is 8.03. The number of aliphatic hydroxyl groups excluding tert-OH is 1. The Bertz CT molecular complexity index is 2180. The molecule has 14 nitrogen and oxygen atoms in total. The Hall–Kier alpha value is -5.61. The number of nitrogens with one attached hydrogen (secondary N) is 3. The standard InChI is InChI=1S/C41H45F3N8O6S/c1-4-25-18-30(52-39(59)51(38(57)40(52,2)3)29-9-8-26(21-45)32(20-29)41(42,43)44)10-12-34(25)58-17-16-49-14-15-50(31(22-49)24-53)23-36(55)47-28-7-5-6-27(19-28)46-33-11-13-35(54)48-37(33)56/h5-10,12,18-20,31,33,46,53H,4,11,13-17,22-24H2,1-3H3,(H,47,55)(H,48,54,56). The Morgan fingerprint density at radius 3 is 2.51 bits per heavy atom. The van der Waals surface area contributed by atoms with E-state index in [2.05, 4.69) is 20.9 Å². The second-order valence-corrected chi connectivity index (χ2v) is 15.4. The summed E-state index contributed by atoms with van der Waals surface area (Å²) in [7, 11) is 0. The smallest absolute Gasteiger partial charge is 0.417 e. The van der Waals surface area contributed by atoms with E-state index in [-0.39, 0.29) is 48.2 Å². The van der Waals surface area contributed by atoms with Crippen LogP contribution >= 0.6 is 12.2 Å². The molecule has 6 rings (SSSR count). The van der Waals surface area contributed by atoms with Crippen molar-refractivity contribution in [3.05, 3.63) is 77.4 Å². The number of anilines is 4. The summed E-state index contributed by atoms with van der Waals surface area (Å²) in [5.74, 6) is -0.849. The van der Waals surface area contributed by atoms with Crippen LogP contribution in [0.15, 0.2) is 60.7 Å². The highest BCUT2D eigenvalue weighted by atomic mass is 32.1. The van der Waals surface area contributed by atoms with Crippen molar-refractivity contribution in [3.8, 4) is 11.8 Å². The van der Waals surface area contributed by atoms with E-state index < -0.39 is 40.7 Å². The second-order valence-electron chi connectivity index (χ2n) is 15.0. The Kier molecular flexibility index (Phi) is 12.9. The molecule has 0 radical (unpaired) electrons. The molecule has 0 bridgehead atoms. The van der Waals surface area contributed by atoms with Gasteiger partial charge >= 0.3 is 6.18 Å². The highest BCUT2D eigenvalue weighted by Crippen LogP contribution is 2.40. The Morgan fingerprint density at radius 2 is 1.81 bits per heavy atom. The zero-order chi connectivity index (χ0) is 42.6. The topological polar surface area (TPSA) is 171 Å². The van der Waals surface area contributed by atoms with Gasteiger partial charge in [0.15, 0.2) is 5.11 Å². The first-order valence-electron chi connectivity index (χ1n) is 19.2. The van der Waals surface area contributed by atoms with Crippen LogP contribution in [0.4, 0.5) is 35.9 Å². The average molecular weight is 835 g/mol. The van der Waals surface area contributed by atoms with Gasteiger partial charge < -0.3 is 25.4 Å². The highest BCUT2D eigenvalue weighted by Gasteiger charge is 2.51. The molecule has 312 valence electrons. The van der Waals surface area contributed by atoms with Gasteiger partial charge in [0.2, 0.25) is 17.7 Å². The number of hydrogen-bond acceptors (Lipinski definition) is 11. The van der Waals surface area contributed by atoms with E-state index in [1.54, 1.807) is 61.2 Å². The lowest BCUT2D eigenvalue weighted by Crippen LogP contribution is -2.56. The molecule has 18 heteroatoms. The number of rotatable bonds is 13. The number of nitriles is 1. The van der Waals surface area contributed by atoms with E-state index in [9.17, 15) is 42.7 Å². The second kappa shape index (κ2) is 17.7. The number of carbonyl (C=O) groups excluding carboxylic acids is 4. The summed E-state index contributed by atoms with van der Waals surface area (Å²) < 4.78 is 47.5. The molecule has 3 fully saturated rings. The Labute approximate surface area is 344 Å². The van der Waals surface area contributed by atoms with E-state index >= 15 is 0 Å². The number of ether oxygens (including phenoxy) is 1. The Morgan fingerprint density at radius 1 is 1.07 bits per heavy atom. The van der Waals surface area contributed by atoms with Gasteiger partial charge in [0.1, 0.15) is 23.9 Å². The summed E-state index contributed by atoms with van der Waals surface area (Å²) in [6.45, 7) is 7.69. The van der Waals surface area contributed by atoms with Gasteiger partial charge in [-0.2, -0.15) is 18.4 Å². The van der Waals surface area contributed by atoms with Crippen molar-refractivity contribution in [1.29, 1.82) is 5.26 Å². The molecule has 3 heterocycles. The van der Waals surface area contributed by atoms with Gasteiger partial charge in [-0.25, -0.2) is 0 Å². The number of carbonyl (C=O) groups is 4. The molecule has 59 heavy (non-hydrogen) atoms. The molecule has 2 atom stereocenters. The lowest BCUT2D eigenvalue weighted by atomic mass is 10.0. The number of imide groups is 1. The number of amides is 4. The van der Waals surface area contributed by atoms with Crippen molar-refractivity contribution in [3.63, 3.8) is 0 Å². The van der Waals surface area contributed by atoms with Crippen LogP contribution in [-0.4, -0.2) is 107 Å². The van der Waals surface area contributed by atoms with Gasteiger partial charge in [0.25, 0.3) is 5.91 Å². The lowest BCUT2D eigenvalue weighted by Gasteiger charge is -2.40. The molecule has 3 aliphatic rings. The summed E-state index contributed by atoms with van der Waals surface area (Å²) in [6, 6.07) is 16.1. The number of alkyl halides is 3. The summed E-state index contributed by atoms with van der Waals surface area (Å²) in [4.78, 5) is 57.1. The largest absolute Gasteiger partial charge is 0.492 e. The molecule has 0 aliphatic carbocycles. The SMILES string of the molecule is CCc1cc(N2C(=S)N(c3ccc(C#N)c(C(F)(F)F)c3)C(=O)C2(C)C)ccc1OCCN1CCN(CC(=O)Nc2cccc(NC3CCC(=O)NC3=O)c2)C(CO)C1. The predicted octanol–water partition coefficient (Wildman–Crippen LogP) is 4.27. The molecule has 3 aromatic rings. The number of nitrogens with zero attached hydrogens (tertiary/aromatic N) is 5. The monoisotopic (exact) mass is 834 g/mol. The summed E-state index contributed by atoms with van der Waals surface area (Å²) in [6.07, 6.45) is -3.62. The fourth-order valence-electron chi connectivity index (χ4n) is 7.51. The zero-order valence-corrected chi connectivity index (χ0v) is 33.6. The number of benzene rings is 3. The predicted molar refractivity (Wildman–Crippen MR) is 218 cm³/mol. The van der Waals surface area contributed by atoms with Crippen molar-refractivity contribution >= 4 is 63.7 Å². The first-order chi connectivity index (χ1) is 28.0. The van der Waals surface area contributed by atoms with Crippen LogP contribution in [0, 0.1) is 11.3 Å². The van der Waals surface area contributed by atoms with E-state index in [4.69, 9.17) is 17.0 Å². The molecule has 4 N–H and O–H groups in total. The van der Waals surface area contributed by atoms with Gasteiger partial charge in [-0.3, -0.25) is 39.2 Å². The van der Waals surface area contributed by atoms with Crippen LogP contribution in [0.1, 0.15) is 50.3 Å². The number of piperazine rings is 1. The number of halogens is 3. The molecule has 3 saturated heterocycles. The number of piperidine rings is 1. The van der Waals surface area contributed by atoms with Gasteiger partial charge in [-0.15, -0.1) is 0 Å². The van der Waals surface area contributed by atoms with Crippen molar-refractivity contribution in [2.75, 3.05) is 66.4 Å². The first kappa shape index (κ1) is 43.0. The van der Waals surface area contributed by atoms with Gasteiger partial charge in [0, 0.05) is 55.7 Å². The Balaban J connectivity index is 1.03. The van der Waals surface area contributed by atoms with Gasteiger partial charge in [-0.05, 0) is 99.1 Å². The third kappa shape index (κ3) is 9.49. The van der Waals surface area contributed by atoms with E-state index in [0.29, 0.717) is 68.4 Å². The molecule has 3 aliphatic heterocycles. The van der Waals surface area contributed by atoms with E-state index in [0.717, 1.165) is 22.6 Å². The first-order valence-corrected chi connectivity index (χ1v) is 19.6. The molecular formula is C41H45F3N8O6S. The van der Waals surface area contributed by atoms with Gasteiger partial charge in [-0.1, -0.05) is 13.0 Å². The van der Waals surface area contributed by atoms with Crippen molar-refractivity contribution in [1.82, 2.24) is 15.1 Å². The van der Waals surface area contributed by atoms with Crippen LogP contribution in [0.2, 0.25) is 0 Å². The third-order valence-electron chi connectivity index (χ3n) is 10.7. The number of aryl methyl sites for hydroxylation is 1. The van der Waals surface area contributed by atoms with Crippen LogP contribution in [-0.2, 0) is 31.8 Å². The third-order valence-corrected chi connectivity index (χ3v) is 11.0. The summed E-state index contributed by atoms with van der Waals surface area (Å²) in [5, 5.41) is 27.8. The molecule has 3 aromatic carbocycles. The fraction of sp³-hybridized carbons (Fsp3) is 0.415. The van der Waals surface area contributed by atoms with E-state index in [1.165, 1.54) is 6.07 Å². The minimum absolute atomic E-state index is 0.00264. The molecule has 2 unspecified atom stereocenters. The minimum atomic E-state index is -4.81. The molecule has 0 aromatic heterocycles. The van der Waals surface area contributed by atoms with Crippen molar-refractivity contribution in [2.24, 2.45) is 0 Å². The quantitative estimate of drug-likeness (QED) is 0.143.